The minimum absolute atomic E-state index is 0.0184. The Morgan fingerprint density at radius 3 is 2.06 bits per heavy atom. The van der Waals surface area contributed by atoms with Crippen LogP contribution in [0.15, 0.2) is 23.8 Å². The van der Waals surface area contributed by atoms with Crippen molar-refractivity contribution in [2.75, 3.05) is 13.2 Å². The van der Waals surface area contributed by atoms with Crippen LogP contribution >= 0.6 is 0 Å². The highest BCUT2D eigenvalue weighted by Crippen LogP contribution is 2.38. The van der Waals surface area contributed by atoms with Crippen LogP contribution < -0.4 is 0 Å². The van der Waals surface area contributed by atoms with Crippen LogP contribution in [0.4, 0.5) is 26.3 Å². The minimum Gasteiger partial charge on any atom is -0.461 e. The van der Waals surface area contributed by atoms with Gasteiger partial charge in [-0.25, -0.2) is 4.79 Å². The predicted molar refractivity (Wildman–Crippen MR) is 109 cm³/mol. The molecule has 0 spiro atoms. The number of hydrogen-bond acceptors (Lipinski definition) is 5. The van der Waals surface area contributed by atoms with Gasteiger partial charge in [0.05, 0.1) is 23.7 Å². The first kappa shape index (κ1) is 27.7. The van der Waals surface area contributed by atoms with E-state index in [4.69, 9.17) is 9.47 Å². The van der Waals surface area contributed by atoms with Crippen LogP contribution in [0, 0.1) is 5.92 Å². The van der Waals surface area contributed by atoms with E-state index in [0.717, 1.165) is 18.9 Å². The summed E-state index contributed by atoms with van der Waals surface area (Å²) < 4.78 is 89.0. The van der Waals surface area contributed by atoms with Crippen molar-refractivity contribution in [3.63, 3.8) is 0 Å². The molecule has 1 aromatic rings. The lowest BCUT2D eigenvalue weighted by Gasteiger charge is -2.25. The molecule has 190 valence electrons. The Balaban J connectivity index is 2.29. The summed E-state index contributed by atoms with van der Waals surface area (Å²) in [6.07, 6.45) is -6.94. The predicted octanol–water partition coefficient (Wildman–Crippen LogP) is 5.55. The average molecular weight is 496 g/mol. The molecule has 1 fully saturated rings. The molecule has 1 heterocycles. The van der Waals surface area contributed by atoms with E-state index >= 15 is 0 Å². The number of ether oxygens (including phenoxy) is 2. The van der Waals surface area contributed by atoms with Gasteiger partial charge in [-0.1, -0.05) is 26.7 Å². The lowest BCUT2D eigenvalue weighted by Crippen LogP contribution is -2.40. The van der Waals surface area contributed by atoms with E-state index in [0.29, 0.717) is 25.0 Å². The highest BCUT2D eigenvalue weighted by Gasteiger charge is 2.45. The van der Waals surface area contributed by atoms with Crippen molar-refractivity contribution in [3.8, 4) is 0 Å². The van der Waals surface area contributed by atoms with Gasteiger partial charge in [-0.05, 0) is 42.7 Å². The second-order valence-electron chi connectivity index (χ2n) is 8.30. The Morgan fingerprint density at radius 2 is 1.62 bits per heavy atom. The van der Waals surface area contributed by atoms with Crippen LogP contribution in [0.3, 0.4) is 0 Å². The third kappa shape index (κ3) is 6.97. The maximum Gasteiger partial charge on any atom is 0.416 e. The monoisotopic (exact) mass is 496 g/mol. The van der Waals surface area contributed by atoms with Crippen LogP contribution in [0.1, 0.15) is 62.6 Å². The molecule has 1 unspecified atom stereocenters. The molecule has 0 amide bonds. The molecule has 1 saturated heterocycles. The van der Waals surface area contributed by atoms with Crippen LogP contribution in [-0.4, -0.2) is 35.9 Å². The second-order valence-corrected chi connectivity index (χ2v) is 8.30. The Labute approximate surface area is 192 Å². The van der Waals surface area contributed by atoms with Crippen molar-refractivity contribution in [1.29, 1.82) is 0 Å². The fourth-order valence-electron chi connectivity index (χ4n) is 3.70. The van der Waals surface area contributed by atoms with E-state index in [-0.39, 0.29) is 24.0 Å². The molecule has 1 atom stereocenters. The summed E-state index contributed by atoms with van der Waals surface area (Å²) in [6.45, 7) is 2.55. The van der Waals surface area contributed by atoms with Gasteiger partial charge < -0.3 is 14.6 Å². The number of rotatable bonds is 9. The summed E-state index contributed by atoms with van der Waals surface area (Å²) in [4.78, 5) is 24.7. The van der Waals surface area contributed by atoms with Crippen molar-refractivity contribution < 1.29 is 50.5 Å². The minimum atomic E-state index is -5.04. The Hall–Kier alpha value is -2.56. The largest absolute Gasteiger partial charge is 0.461 e. The molecule has 0 radical (unpaired) electrons. The molecule has 0 bridgehead atoms. The number of cyclic esters (lactones) is 1. The van der Waals surface area contributed by atoms with Gasteiger partial charge >= 0.3 is 24.3 Å². The summed E-state index contributed by atoms with van der Waals surface area (Å²) in [5.41, 5.74) is -5.49. The third-order valence-corrected chi connectivity index (χ3v) is 5.41. The lowest BCUT2D eigenvalue weighted by atomic mass is 9.96. The first-order chi connectivity index (χ1) is 15.7. The molecule has 5 nitrogen and oxygen atoms in total. The van der Waals surface area contributed by atoms with Crippen molar-refractivity contribution in [2.24, 2.45) is 5.92 Å². The van der Waals surface area contributed by atoms with E-state index in [1.165, 1.54) is 0 Å². The quantitative estimate of drug-likeness (QED) is 0.276. The van der Waals surface area contributed by atoms with E-state index in [9.17, 15) is 41.0 Å². The molecule has 1 aromatic carbocycles. The molecule has 34 heavy (non-hydrogen) atoms. The molecule has 1 N–H and O–H groups in total. The standard InChI is InChI=1S/C23H26F6O5/c1-3-5-15(6-4-2)19(31)33-13-21(12-30)11-16(20(32)34-21)7-14-8-17(22(24,25)26)10-18(9-14)23(27,28)29/h7-10,15,30H,3-6,11-13H2,1-2H3/b16-7+. The van der Waals surface area contributed by atoms with Crippen molar-refractivity contribution in [1.82, 2.24) is 0 Å². The zero-order chi connectivity index (χ0) is 25.7. The zero-order valence-electron chi connectivity index (χ0n) is 18.7. The summed E-state index contributed by atoms with van der Waals surface area (Å²) in [6, 6.07) is 0.943. The number of hydrogen-bond donors (Lipinski definition) is 1. The first-order valence-electron chi connectivity index (χ1n) is 10.8. The average Bonchev–Trinajstić information content (AvgIpc) is 3.06. The Morgan fingerprint density at radius 1 is 1.09 bits per heavy atom. The van der Waals surface area contributed by atoms with E-state index in [2.05, 4.69) is 0 Å². The van der Waals surface area contributed by atoms with Gasteiger partial charge in [-0.3, -0.25) is 4.79 Å². The highest BCUT2D eigenvalue weighted by atomic mass is 19.4. The van der Waals surface area contributed by atoms with Crippen molar-refractivity contribution in [2.45, 2.75) is 63.9 Å². The fraction of sp³-hybridized carbons (Fsp3) is 0.565. The Bertz CT molecular complexity index is 883. The molecule has 0 aromatic heterocycles. The summed E-state index contributed by atoms with van der Waals surface area (Å²) in [7, 11) is 0. The van der Waals surface area contributed by atoms with Crippen LogP contribution in [0.25, 0.3) is 6.08 Å². The topological polar surface area (TPSA) is 72.8 Å². The molecule has 1 aliphatic rings. The van der Waals surface area contributed by atoms with Gasteiger partial charge in [0.25, 0.3) is 0 Å². The van der Waals surface area contributed by atoms with E-state index in [1.807, 2.05) is 13.8 Å². The second kappa shape index (κ2) is 10.8. The van der Waals surface area contributed by atoms with Gasteiger partial charge in [0.15, 0.2) is 5.60 Å². The van der Waals surface area contributed by atoms with Crippen LogP contribution in [0.2, 0.25) is 0 Å². The SMILES string of the molecule is CCCC(CCC)C(=O)OCC1(CO)C/C(=C\c2cc(C(F)(F)F)cc(C(F)(F)F)c2)C(=O)O1. The molecule has 1 aliphatic heterocycles. The smallest absolute Gasteiger partial charge is 0.416 e. The number of benzene rings is 1. The highest BCUT2D eigenvalue weighted by molar-refractivity contribution is 5.96. The zero-order valence-corrected chi connectivity index (χ0v) is 18.7. The number of esters is 2. The summed E-state index contributed by atoms with van der Waals surface area (Å²) in [5.74, 6) is -1.93. The number of aliphatic hydroxyl groups is 1. The first-order valence-corrected chi connectivity index (χ1v) is 10.8. The number of alkyl halides is 6. The number of aliphatic hydroxyl groups excluding tert-OH is 1. The van der Waals surface area contributed by atoms with Crippen molar-refractivity contribution >= 4 is 18.0 Å². The van der Waals surface area contributed by atoms with Gasteiger partial charge in [-0.2, -0.15) is 26.3 Å². The van der Waals surface area contributed by atoms with Gasteiger partial charge in [0.1, 0.15) is 6.61 Å². The number of carbonyl (C=O) groups excluding carboxylic acids is 2. The molecule has 0 saturated carbocycles. The lowest BCUT2D eigenvalue weighted by molar-refractivity contribution is -0.169. The van der Waals surface area contributed by atoms with Gasteiger partial charge in [0.2, 0.25) is 0 Å². The third-order valence-electron chi connectivity index (χ3n) is 5.41. The fourth-order valence-corrected chi connectivity index (χ4v) is 3.70. The van der Waals surface area contributed by atoms with Crippen molar-refractivity contribution in [3.05, 3.63) is 40.5 Å². The maximum atomic E-state index is 13.1. The molecule has 2 rings (SSSR count). The Kier molecular flexibility index (Phi) is 8.79. The van der Waals surface area contributed by atoms with Crippen LogP contribution in [0.5, 0.6) is 0 Å². The normalized spacial score (nSPS) is 20.2. The summed E-state index contributed by atoms with van der Waals surface area (Å²) >= 11 is 0. The van der Waals surface area contributed by atoms with Gasteiger partial charge in [0, 0.05) is 12.0 Å². The molecular formula is C23H26F6O5. The molecule has 11 heteroatoms. The number of carbonyl (C=O) groups is 2. The number of halogens is 6. The maximum absolute atomic E-state index is 13.1. The van der Waals surface area contributed by atoms with Crippen LogP contribution in [-0.2, 0) is 31.4 Å². The molecular weight excluding hydrogens is 470 g/mol. The molecule has 0 aliphatic carbocycles. The van der Waals surface area contributed by atoms with E-state index < -0.39 is 59.8 Å². The van der Waals surface area contributed by atoms with E-state index in [1.54, 1.807) is 0 Å². The van der Waals surface area contributed by atoms with Gasteiger partial charge in [-0.15, -0.1) is 0 Å². The summed E-state index contributed by atoms with van der Waals surface area (Å²) in [5, 5.41) is 9.78.